The quantitative estimate of drug-likeness (QED) is 0.695. The van der Waals surface area contributed by atoms with Crippen molar-refractivity contribution in [2.24, 2.45) is 0 Å². The number of hydrogen-bond acceptors (Lipinski definition) is 2. The number of carbonyl (C=O) groups is 1. The Morgan fingerprint density at radius 1 is 1.17 bits per heavy atom. The van der Waals surface area contributed by atoms with Crippen molar-refractivity contribution in [3.8, 4) is 0 Å². The van der Waals surface area contributed by atoms with Crippen LogP contribution in [-0.2, 0) is 0 Å². The van der Waals surface area contributed by atoms with E-state index >= 15 is 0 Å². The molecular formula is C15H12N2O. The van der Waals surface area contributed by atoms with Crippen LogP contribution in [0.1, 0.15) is 21.5 Å². The van der Waals surface area contributed by atoms with Crippen LogP contribution in [0.2, 0.25) is 0 Å². The fourth-order valence-electron chi connectivity index (χ4n) is 2.02. The van der Waals surface area contributed by atoms with Crippen LogP contribution in [0.5, 0.6) is 0 Å². The van der Waals surface area contributed by atoms with E-state index in [0.29, 0.717) is 11.1 Å². The Morgan fingerprint density at radius 3 is 2.72 bits per heavy atom. The van der Waals surface area contributed by atoms with Crippen molar-refractivity contribution in [3.63, 3.8) is 0 Å². The first-order chi connectivity index (χ1) is 8.75. The van der Waals surface area contributed by atoms with E-state index in [2.05, 4.69) is 9.97 Å². The topological polar surface area (TPSA) is 45.8 Å². The Balaban J connectivity index is 2.09. The molecule has 2 heterocycles. The van der Waals surface area contributed by atoms with Gasteiger partial charge in [0, 0.05) is 28.9 Å². The maximum Gasteiger partial charge on any atom is 0.195 e. The summed E-state index contributed by atoms with van der Waals surface area (Å²) in [4.78, 5) is 19.5. The Hall–Kier alpha value is -2.42. The molecule has 0 atom stereocenters. The lowest BCUT2D eigenvalue weighted by molar-refractivity contribution is 0.104. The van der Waals surface area contributed by atoms with Crippen LogP contribution < -0.4 is 0 Å². The van der Waals surface area contributed by atoms with Gasteiger partial charge in [0.15, 0.2) is 5.78 Å². The molecule has 1 aromatic carbocycles. The van der Waals surface area contributed by atoms with Gasteiger partial charge in [-0.1, -0.05) is 29.8 Å². The van der Waals surface area contributed by atoms with Crippen LogP contribution in [0.15, 0.2) is 48.9 Å². The second-order valence-corrected chi connectivity index (χ2v) is 4.32. The standard InChI is InChI=1S/C15H12N2O/c1-10-2-4-11(5-3-10)15(18)13-8-17-14-9-16-7-6-12(13)14/h2-9,17H,1H3. The highest BCUT2D eigenvalue weighted by molar-refractivity contribution is 6.16. The van der Waals surface area contributed by atoms with E-state index in [1.165, 1.54) is 0 Å². The molecule has 0 aliphatic heterocycles. The van der Waals surface area contributed by atoms with E-state index in [1.54, 1.807) is 18.6 Å². The van der Waals surface area contributed by atoms with Crippen LogP contribution in [-0.4, -0.2) is 15.8 Å². The van der Waals surface area contributed by atoms with Gasteiger partial charge in [-0.25, -0.2) is 0 Å². The SMILES string of the molecule is Cc1ccc(C(=O)c2c[nH]c3cnccc23)cc1. The zero-order valence-electron chi connectivity index (χ0n) is 9.97. The first kappa shape index (κ1) is 10.7. The summed E-state index contributed by atoms with van der Waals surface area (Å²) < 4.78 is 0. The number of ketones is 1. The van der Waals surface area contributed by atoms with Crippen molar-refractivity contribution in [2.45, 2.75) is 6.92 Å². The minimum atomic E-state index is 0.0347. The third-order valence-corrected chi connectivity index (χ3v) is 3.04. The predicted octanol–water partition coefficient (Wildman–Crippen LogP) is 3.10. The summed E-state index contributed by atoms with van der Waals surface area (Å²) >= 11 is 0. The molecule has 0 aliphatic rings. The Bertz CT molecular complexity index is 711. The molecule has 0 saturated heterocycles. The number of hydrogen-bond donors (Lipinski definition) is 1. The molecule has 0 bridgehead atoms. The number of rotatable bonds is 2. The van der Waals surface area contributed by atoms with Gasteiger partial charge in [0.05, 0.1) is 11.7 Å². The van der Waals surface area contributed by atoms with Crippen molar-refractivity contribution < 1.29 is 4.79 Å². The maximum atomic E-state index is 12.4. The minimum Gasteiger partial charge on any atom is -0.359 e. The minimum absolute atomic E-state index is 0.0347. The zero-order valence-corrected chi connectivity index (χ0v) is 9.97. The Morgan fingerprint density at radius 2 is 1.94 bits per heavy atom. The summed E-state index contributed by atoms with van der Waals surface area (Å²) in [5, 5.41) is 0.913. The van der Waals surface area contributed by atoms with Gasteiger partial charge in [-0.15, -0.1) is 0 Å². The Labute approximate surface area is 104 Å². The van der Waals surface area contributed by atoms with Gasteiger partial charge in [-0.05, 0) is 13.0 Å². The van der Waals surface area contributed by atoms with Gasteiger partial charge in [0.2, 0.25) is 0 Å². The van der Waals surface area contributed by atoms with Gasteiger partial charge in [0.25, 0.3) is 0 Å². The van der Waals surface area contributed by atoms with E-state index in [-0.39, 0.29) is 5.78 Å². The van der Waals surface area contributed by atoms with Gasteiger partial charge in [0.1, 0.15) is 0 Å². The van der Waals surface area contributed by atoms with E-state index < -0.39 is 0 Å². The molecule has 3 heteroatoms. The summed E-state index contributed by atoms with van der Waals surface area (Å²) in [7, 11) is 0. The van der Waals surface area contributed by atoms with Gasteiger partial charge >= 0.3 is 0 Å². The third-order valence-electron chi connectivity index (χ3n) is 3.04. The molecule has 0 spiro atoms. The summed E-state index contributed by atoms with van der Waals surface area (Å²) in [5.41, 5.74) is 3.43. The van der Waals surface area contributed by atoms with Crippen molar-refractivity contribution in [2.75, 3.05) is 0 Å². The molecule has 0 unspecified atom stereocenters. The van der Waals surface area contributed by atoms with E-state index in [9.17, 15) is 4.79 Å². The Kier molecular flexibility index (Phi) is 2.45. The zero-order chi connectivity index (χ0) is 12.5. The van der Waals surface area contributed by atoms with Crippen molar-refractivity contribution in [3.05, 3.63) is 65.6 Å². The van der Waals surface area contributed by atoms with Crippen LogP contribution in [0, 0.1) is 6.92 Å². The molecular weight excluding hydrogens is 224 g/mol. The average Bonchev–Trinajstić information content (AvgIpc) is 2.82. The normalized spacial score (nSPS) is 10.7. The first-order valence-corrected chi connectivity index (χ1v) is 5.78. The van der Waals surface area contributed by atoms with Gasteiger partial charge < -0.3 is 4.98 Å². The number of fused-ring (bicyclic) bond motifs is 1. The van der Waals surface area contributed by atoms with Gasteiger partial charge in [-0.3, -0.25) is 9.78 Å². The molecule has 0 saturated carbocycles. The lowest BCUT2D eigenvalue weighted by Gasteiger charge is -2.00. The van der Waals surface area contributed by atoms with Crippen molar-refractivity contribution in [1.29, 1.82) is 0 Å². The van der Waals surface area contributed by atoms with Crippen LogP contribution >= 0.6 is 0 Å². The van der Waals surface area contributed by atoms with Crippen LogP contribution in [0.4, 0.5) is 0 Å². The highest BCUT2D eigenvalue weighted by atomic mass is 16.1. The molecule has 88 valence electrons. The lowest BCUT2D eigenvalue weighted by atomic mass is 10.0. The molecule has 1 N–H and O–H groups in total. The second-order valence-electron chi connectivity index (χ2n) is 4.32. The predicted molar refractivity (Wildman–Crippen MR) is 70.7 cm³/mol. The molecule has 18 heavy (non-hydrogen) atoms. The molecule has 0 amide bonds. The fourth-order valence-corrected chi connectivity index (χ4v) is 2.02. The molecule has 2 aromatic heterocycles. The number of aryl methyl sites for hydroxylation is 1. The largest absolute Gasteiger partial charge is 0.359 e. The number of carbonyl (C=O) groups excluding carboxylic acids is 1. The summed E-state index contributed by atoms with van der Waals surface area (Å²) in [6.45, 7) is 2.01. The molecule has 0 aliphatic carbocycles. The number of benzene rings is 1. The lowest BCUT2D eigenvalue weighted by Crippen LogP contribution is -2.00. The average molecular weight is 236 g/mol. The van der Waals surface area contributed by atoms with Crippen molar-refractivity contribution in [1.82, 2.24) is 9.97 Å². The smallest absolute Gasteiger partial charge is 0.195 e. The second kappa shape index (κ2) is 4.11. The number of H-pyrrole nitrogens is 1. The molecule has 3 aromatic rings. The first-order valence-electron chi connectivity index (χ1n) is 5.78. The molecule has 0 radical (unpaired) electrons. The summed E-state index contributed by atoms with van der Waals surface area (Å²) in [5.74, 6) is 0.0347. The molecule has 3 nitrogen and oxygen atoms in total. The number of aromatic nitrogens is 2. The van der Waals surface area contributed by atoms with E-state index in [4.69, 9.17) is 0 Å². The molecule has 3 rings (SSSR count). The fraction of sp³-hybridized carbons (Fsp3) is 0.0667. The van der Waals surface area contributed by atoms with Crippen molar-refractivity contribution >= 4 is 16.7 Å². The number of nitrogens with one attached hydrogen (secondary N) is 1. The monoisotopic (exact) mass is 236 g/mol. The van der Waals surface area contributed by atoms with E-state index in [1.807, 2.05) is 37.3 Å². The van der Waals surface area contributed by atoms with Gasteiger partial charge in [-0.2, -0.15) is 0 Å². The highest BCUT2D eigenvalue weighted by Crippen LogP contribution is 2.20. The summed E-state index contributed by atoms with van der Waals surface area (Å²) in [6, 6.07) is 9.47. The number of nitrogens with zero attached hydrogens (tertiary/aromatic N) is 1. The number of pyridine rings is 1. The third kappa shape index (κ3) is 1.70. The van der Waals surface area contributed by atoms with E-state index in [0.717, 1.165) is 16.5 Å². The van der Waals surface area contributed by atoms with Crippen LogP contribution in [0.25, 0.3) is 10.9 Å². The summed E-state index contributed by atoms with van der Waals surface area (Å²) in [6.07, 6.45) is 5.16. The van der Waals surface area contributed by atoms with Crippen LogP contribution in [0.3, 0.4) is 0 Å². The molecule has 0 fully saturated rings. The maximum absolute atomic E-state index is 12.4. The number of aromatic amines is 1. The highest BCUT2D eigenvalue weighted by Gasteiger charge is 2.13.